The minimum atomic E-state index is -1.03. The van der Waals surface area contributed by atoms with Gasteiger partial charge in [-0.2, -0.15) is 5.10 Å². The SMILES string of the molecule is CCC(NC(=O)N1C(=O)[C@H](Cc2ccnc(N)c2)[C@H]1C(=O)N(C)c1ccnn1C)c1ccc(F)c(C)c1. The summed E-state index contributed by atoms with van der Waals surface area (Å²) in [5.41, 5.74) is 7.69. The molecule has 1 aliphatic rings. The summed E-state index contributed by atoms with van der Waals surface area (Å²) in [4.78, 5) is 46.6. The Hall–Kier alpha value is -4.28. The summed E-state index contributed by atoms with van der Waals surface area (Å²) in [6.45, 7) is 3.52. The van der Waals surface area contributed by atoms with Crippen molar-refractivity contribution in [3.63, 3.8) is 0 Å². The molecule has 0 bridgehead atoms. The molecule has 1 saturated heterocycles. The van der Waals surface area contributed by atoms with Crippen LogP contribution in [0.2, 0.25) is 0 Å². The van der Waals surface area contributed by atoms with Gasteiger partial charge in [0, 0.05) is 26.4 Å². The van der Waals surface area contributed by atoms with E-state index in [4.69, 9.17) is 5.73 Å². The number of likely N-dealkylation sites (N-methyl/N-ethyl adjacent to an activating group) is 1. The molecule has 1 unspecified atom stereocenters. The number of pyridine rings is 1. The van der Waals surface area contributed by atoms with Crippen LogP contribution < -0.4 is 16.0 Å². The second-order valence-electron chi connectivity index (χ2n) is 9.18. The molecule has 11 heteroatoms. The van der Waals surface area contributed by atoms with Gasteiger partial charge in [-0.1, -0.05) is 19.1 Å². The summed E-state index contributed by atoms with van der Waals surface area (Å²) in [6, 6.07) is 7.47. The summed E-state index contributed by atoms with van der Waals surface area (Å²) in [6.07, 6.45) is 3.82. The van der Waals surface area contributed by atoms with Crippen LogP contribution in [-0.2, 0) is 23.1 Å². The number of halogens is 1. The van der Waals surface area contributed by atoms with Crippen molar-refractivity contribution in [2.24, 2.45) is 13.0 Å². The molecular formula is C26H30FN7O3. The molecule has 10 nitrogen and oxygen atoms in total. The molecule has 4 amide bonds. The number of urea groups is 1. The standard InChI is InChI=1S/C26H30FN7O3/c1-5-20(17-6-7-19(27)15(2)12-17)31-26(37)34-23(25(36)32(3)22-9-11-30-33(22)4)18(24(34)35)13-16-8-10-29-21(28)14-16/h6-12,14,18,20,23H,5,13H2,1-4H3,(H2,28,29)(H,31,37)/t18-,20?,23+/m1/s1. The van der Waals surface area contributed by atoms with E-state index in [1.807, 2.05) is 6.92 Å². The third-order valence-electron chi connectivity index (χ3n) is 6.75. The van der Waals surface area contributed by atoms with Crippen LogP contribution in [-0.4, -0.2) is 50.6 Å². The van der Waals surface area contributed by atoms with Crippen molar-refractivity contribution >= 4 is 29.5 Å². The van der Waals surface area contributed by atoms with Crippen molar-refractivity contribution < 1.29 is 18.8 Å². The Bertz CT molecular complexity index is 1340. The average Bonchev–Trinajstić information content (AvgIpc) is 3.30. The molecule has 2 aromatic heterocycles. The lowest BCUT2D eigenvalue weighted by Gasteiger charge is -2.46. The van der Waals surface area contributed by atoms with Crippen LogP contribution in [0.1, 0.15) is 36.1 Å². The number of nitrogens with two attached hydrogens (primary N) is 1. The molecule has 1 aromatic carbocycles. The van der Waals surface area contributed by atoms with Crippen LogP contribution in [0.5, 0.6) is 0 Å². The Balaban J connectivity index is 1.61. The number of nitrogens with zero attached hydrogens (tertiary/aromatic N) is 5. The van der Waals surface area contributed by atoms with Gasteiger partial charge in [0.1, 0.15) is 23.5 Å². The molecule has 37 heavy (non-hydrogen) atoms. The Morgan fingerprint density at radius 1 is 1.22 bits per heavy atom. The largest absolute Gasteiger partial charge is 0.384 e. The maximum absolute atomic E-state index is 13.8. The number of β-lactam (4-membered cyclic amide) rings is 1. The Labute approximate surface area is 214 Å². The minimum Gasteiger partial charge on any atom is -0.384 e. The molecular weight excluding hydrogens is 477 g/mol. The molecule has 3 aromatic rings. The molecule has 3 N–H and O–H groups in total. The number of hydrogen-bond acceptors (Lipinski definition) is 6. The second kappa shape index (κ2) is 10.4. The quantitative estimate of drug-likeness (QED) is 0.474. The maximum Gasteiger partial charge on any atom is 0.325 e. The third kappa shape index (κ3) is 5.02. The van der Waals surface area contributed by atoms with Crippen LogP contribution >= 0.6 is 0 Å². The number of benzene rings is 1. The first-order chi connectivity index (χ1) is 17.6. The van der Waals surface area contributed by atoms with Crippen molar-refractivity contribution in [2.75, 3.05) is 17.7 Å². The molecule has 0 aliphatic carbocycles. The van der Waals surface area contributed by atoms with E-state index in [1.165, 1.54) is 21.8 Å². The highest BCUT2D eigenvalue weighted by atomic mass is 19.1. The third-order valence-corrected chi connectivity index (χ3v) is 6.75. The molecule has 194 valence electrons. The number of nitrogen functional groups attached to an aromatic ring is 1. The van der Waals surface area contributed by atoms with Gasteiger partial charge in [0.25, 0.3) is 5.91 Å². The van der Waals surface area contributed by atoms with Gasteiger partial charge < -0.3 is 11.1 Å². The number of imide groups is 1. The molecule has 4 rings (SSSR count). The lowest BCUT2D eigenvalue weighted by Crippen LogP contribution is -2.70. The van der Waals surface area contributed by atoms with Crippen LogP contribution in [0.4, 0.5) is 20.8 Å². The first-order valence-corrected chi connectivity index (χ1v) is 12.0. The van der Waals surface area contributed by atoms with Crippen molar-refractivity contribution in [1.82, 2.24) is 25.0 Å². The highest BCUT2D eigenvalue weighted by Crippen LogP contribution is 2.33. The summed E-state index contributed by atoms with van der Waals surface area (Å²) < 4.78 is 15.3. The number of carbonyl (C=O) groups excluding carboxylic acids is 3. The lowest BCUT2D eigenvalue weighted by atomic mass is 9.81. The fourth-order valence-corrected chi connectivity index (χ4v) is 4.66. The Morgan fingerprint density at radius 2 is 1.97 bits per heavy atom. The molecule has 3 heterocycles. The molecule has 1 fully saturated rings. The highest BCUT2D eigenvalue weighted by molar-refractivity contribution is 6.12. The second-order valence-corrected chi connectivity index (χ2v) is 9.18. The molecule has 1 aliphatic heterocycles. The van der Waals surface area contributed by atoms with E-state index in [2.05, 4.69) is 15.4 Å². The van der Waals surface area contributed by atoms with Crippen molar-refractivity contribution in [1.29, 1.82) is 0 Å². The van der Waals surface area contributed by atoms with E-state index in [0.717, 1.165) is 10.5 Å². The number of anilines is 2. The number of hydrogen-bond donors (Lipinski definition) is 2. The van der Waals surface area contributed by atoms with E-state index >= 15 is 0 Å². The normalized spacial score (nSPS) is 17.8. The van der Waals surface area contributed by atoms with E-state index in [1.54, 1.807) is 57.5 Å². The smallest absolute Gasteiger partial charge is 0.325 e. The number of nitrogens with one attached hydrogen (secondary N) is 1. The summed E-state index contributed by atoms with van der Waals surface area (Å²) in [5, 5.41) is 6.95. The number of aromatic nitrogens is 3. The van der Waals surface area contributed by atoms with Crippen LogP contribution in [0, 0.1) is 18.7 Å². The molecule has 0 radical (unpaired) electrons. The molecule has 0 saturated carbocycles. The van der Waals surface area contributed by atoms with Gasteiger partial charge >= 0.3 is 6.03 Å². The lowest BCUT2D eigenvalue weighted by molar-refractivity contribution is -0.156. The van der Waals surface area contributed by atoms with Gasteiger partial charge in [0.15, 0.2) is 0 Å². The van der Waals surface area contributed by atoms with Gasteiger partial charge in [-0.25, -0.2) is 14.2 Å². The van der Waals surface area contributed by atoms with E-state index < -0.39 is 35.8 Å². The number of amides is 4. The van der Waals surface area contributed by atoms with Crippen molar-refractivity contribution in [3.05, 3.63) is 71.3 Å². The summed E-state index contributed by atoms with van der Waals surface area (Å²) in [7, 11) is 3.28. The zero-order chi connectivity index (χ0) is 26.9. The van der Waals surface area contributed by atoms with Crippen LogP contribution in [0.25, 0.3) is 0 Å². The van der Waals surface area contributed by atoms with E-state index in [9.17, 15) is 18.8 Å². The fourth-order valence-electron chi connectivity index (χ4n) is 4.66. The van der Waals surface area contributed by atoms with Gasteiger partial charge in [0.05, 0.1) is 18.2 Å². The number of carbonyl (C=O) groups is 3. The molecule has 0 spiro atoms. The average molecular weight is 508 g/mol. The van der Waals surface area contributed by atoms with Gasteiger partial charge in [-0.05, 0) is 54.7 Å². The topological polar surface area (TPSA) is 126 Å². The number of aryl methyl sites for hydroxylation is 2. The highest BCUT2D eigenvalue weighted by Gasteiger charge is 2.55. The zero-order valence-electron chi connectivity index (χ0n) is 21.2. The van der Waals surface area contributed by atoms with Crippen molar-refractivity contribution in [3.8, 4) is 0 Å². The maximum atomic E-state index is 13.8. The van der Waals surface area contributed by atoms with Gasteiger partial charge in [-0.15, -0.1) is 0 Å². The predicted octanol–water partition coefficient (Wildman–Crippen LogP) is 2.74. The first-order valence-electron chi connectivity index (χ1n) is 12.0. The van der Waals surface area contributed by atoms with Crippen LogP contribution in [0.3, 0.4) is 0 Å². The summed E-state index contributed by atoms with van der Waals surface area (Å²) in [5.74, 6) is -1.17. The molecule has 3 atom stereocenters. The van der Waals surface area contributed by atoms with Gasteiger partial charge in [-0.3, -0.25) is 24.1 Å². The number of likely N-dealkylation sites (tertiary alicyclic amines) is 1. The Morgan fingerprint density at radius 3 is 2.59 bits per heavy atom. The zero-order valence-corrected chi connectivity index (χ0v) is 21.2. The Kier molecular flexibility index (Phi) is 7.23. The summed E-state index contributed by atoms with van der Waals surface area (Å²) >= 11 is 0. The predicted molar refractivity (Wildman–Crippen MR) is 136 cm³/mol. The minimum absolute atomic E-state index is 0.222. The van der Waals surface area contributed by atoms with Crippen molar-refractivity contribution in [2.45, 2.75) is 38.8 Å². The fraction of sp³-hybridized carbons (Fsp3) is 0.346. The first kappa shape index (κ1) is 25.8. The van der Waals surface area contributed by atoms with Crippen LogP contribution in [0.15, 0.2) is 48.8 Å². The number of rotatable bonds is 7. The van der Waals surface area contributed by atoms with Gasteiger partial charge in [0.2, 0.25) is 5.91 Å². The van der Waals surface area contributed by atoms with E-state index in [0.29, 0.717) is 29.2 Å². The van der Waals surface area contributed by atoms with E-state index in [-0.39, 0.29) is 12.2 Å². The monoisotopic (exact) mass is 507 g/mol.